The van der Waals surface area contributed by atoms with Crippen LogP contribution in [-0.4, -0.2) is 34.4 Å². The van der Waals surface area contributed by atoms with Crippen LogP contribution in [0.25, 0.3) is 6.08 Å². The van der Waals surface area contributed by atoms with Crippen LogP contribution in [0.5, 0.6) is 5.75 Å². The number of hydrogen-bond donors (Lipinski definition) is 3. The Kier molecular flexibility index (Phi) is 5.27. The van der Waals surface area contributed by atoms with Gasteiger partial charge < -0.3 is 15.7 Å². The number of hydrogen-bond acceptors (Lipinski definition) is 4. The number of benzene rings is 2. The summed E-state index contributed by atoms with van der Waals surface area (Å²) in [6.45, 7) is 1.51. The molecule has 7 nitrogen and oxygen atoms in total. The van der Waals surface area contributed by atoms with Crippen molar-refractivity contribution >= 4 is 45.5 Å². The fourth-order valence-electron chi connectivity index (χ4n) is 2.49. The Bertz CT molecular complexity index is 954. The molecule has 0 aromatic heterocycles. The van der Waals surface area contributed by atoms with E-state index in [0.29, 0.717) is 15.7 Å². The highest BCUT2D eigenvalue weighted by molar-refractivity contribution is 9.10. The Hall–Kier alpha value is -3.13. The van der Waals surface area contributed by atoms with Gasteiger partial charge >= 0.3 is 6.03 Å². The number of nitrogens with one attached hydrogen (secondary N) is 2. The molecule has 0 atom stereocenters. The molecule has 3 rings (SSSR count). The molecule has 4 amide bonds. The minimum absolute atomic E-state index is 0.0171. The molecule has 1 aliphatic rings. The Morgan fingerprint density at radius 2 is 1.93 bits per heavy atom. The van der Waals surface area contributed by atoms with Crippen molar-refractivity contribution in [1.82, 2.24) is 10.2 Å². The molecule has 1 heterocycles. The van der Waals surface area contributed by atoms with Gasteiger partial charge in [0, 0.05) is 15.7 Å². The summed E-state index contributed by atoms with van der Waals surface area (Å²) < 4.78 is 0.707. The molecule has 0 bridgehead atoms. The van der Waals surface area contributed by atoms with Gasteiger partial charge in [-0.05, 0) is 43.3 Å². The van der Waals surface area contributed by atoms with Crippen molar-refractivity contribution < 1.29 is 19.5 Å². The summed E-state index contributed by atoms with van der Waals surface area (Å²) in [5, 5.41) is 14.9. The van der Waals surface area contributed by atoms with Gasteiger partial charge in [-0.2, -0.15) is 0 Å². The first-order valence-corrected chi connectivity index (χ1v) is 8.82. The van der Waals surface area contributed by atoms with E-state index in [1.807, 2.05) is 19.1 Å². The molecule has 138 valence electrons. The number of imide groups is 1. The molecule has 0 spiro atoms. The second-order valence-electron chi connectivity index (χ2n) is 6.00. The molecular weight excluding hydrogens is 414 g/mol. The van der Waals surface area contributed by atoms with Crippen molar-refractivity contribution in [3.05, 3.63) is 63.8 Å². The van der Waals surface area contributed by atoms with Crippen molar-refractivity contribution in [3.8, 4) is 5.75 Å². The van der Waals surface area contributed by atoms with E-state index in [0.717, 1.165) is 10.5 Å². The molecule has 2 aromatic rings. The summed E-state index contributed by atoms with van der Waals surface area (Å²) in [5.74, 6) is -1.17. The Morgan fingerprint density at radius 1 is 1.22 bits per heavy atom. The van der Waals surface area contributed by atoms with E-state index >= 15 is 0 Å². The third kappa shape index (κ3) is 4.35. The van der Waals surface area contributed by atoms with Crippen LogP contribution in [0.1, 0.15) is 11.1 Å². The normalized spacial score (nSPS) is 15.2. The van der Waals surface area contributed by atoms with E-state index < -0.39 is 24.4 Å². The fraction of sp³-hybridized carbons (Fsp3) is 0.105. The highest BCUT2D eigenvalue weighted by atomic mass is 79.9. The summed E-state index contributed by atoms with van der Waals surface area (Å²) in [5.41, 5.74) is 1.97. The summed E-state index contributed by atoms with van der Waals surface area (Å²) >= 11 is 3.28. The quantitative estimate of drug-likeness (QED) is 0.513. The van der Waals surface area contributed by atoms with Crippen LogP contribution >= 0.6 is 15.9 Å². The smallest absolute Gasteiger partial charge is 0.329 e. The predicted octanol–water partition coefficient (Wildman–Crippen LogP) is 2.99. The molecule has 2 aromatic carbocycles. The maximum Gasteiger partial charge on any atom is 0.329 e. The van der Waals surface area contributed by atoms with Gasteiger partial charge in [0.1, 0.15) is 18.0 Å². The van der Waals surface area contributed by atoms with Gasteiger partial charge in [-0.1, -0.05) is 33.6 Å². The number of aryl methyl sites for hydroxylation is 1. The standard InChI is InChI=1S/C19H16BrN3O4/c1-11-2-5-14(6-3-11)21-17(25)10-23-18(26)15(22-19(23)27)9-12-8-13(20)4-7-16(12)24/h2-9,24H,10H2,1H3,(H,21,25)(H,22,27)/b15-9+. The van der Waals surface area contributed by atoms with Gasteiger partial charge in [0.2, 0.25) is 5.91 Å². The van der Waals surface area contributed by atoms with Crippen LogP contribution < -0.4 is 10.6 Å². The van der Waals surface area contributed by atoms with Gasteiger partial charge in [-0.3, -0.25) is 9.59 Å². The first-order chi connectivity index (χ1) is 12.8. The highest BCUT2D eigenvalue weighted by Crippen LogP contribution is 2.25. The molecule has 0 saturated carbocycles. The van der Waals surface area contributed by atoms with Crippen LogP contribution in [0.4, 0.5) is 10.5 Å². The molecule has 1 fully saturated rings. The topological polar surface area (TPSA) is 98.7 Å². The Labute approximate surface area is 163 Å². The van der Waals surface area contributed by atoms with Gasteiger partial charge in [-0.15, -0.1) is 0 Å². The molecule has 0 aliphatic carbocycles. The third-order valence-electron chi connectivity index (χ3n) is 3.89. The number of carbonyl (C=O) groups excluding carboxylic acids is 3. The Balaban J connectivity index is 1.72. The average molecular weight is 430 g/mol. The number of phenolic OH excluding ortho intramolecular Hbond substituents is 1. The van der Waals surface area contributed by atoms with Gasteiger partial charge in [0.25, 0.3) is 5.91 Å². The maximum atomic E-state index is 12.5. The molecule has 0 radical (unpaired) electrons. The second kappa shape index (κ2) is 7.63. The van der Waals surface area contributed by atoms with Gasteiger partial charge in [0.15, 0.2) is 0 Å². The summed E-state index contributed by atoms with van der Waals surface area (Å²) in [7, 11) is 0. The number of urea groups is 1. The van der Waals surface area contributed by atoms with E-state index in [4.69, 9.17) is 0 Å². The largest absolute Gasteiger partial charge is 0.507 e. The van der Waals surface area contributed by atoms with Crippen molar-refractivity contribution in [3.63, 3.8) is 0 Å². The summed E-state index contributed by atoms with van der Waals surface area (Å²) in [4.78, 5) is 37.5. The fourth-order valence-corrected chi connectivity index (χ4v) is 2.87. The number of phenols is 1. The molecule has 27 heavy (non-hydrogen) atoms. The van der Waals surface area contributed by atoms with E-state index in [9.17, 15) is 19.5 Å². The minimum atomic E-state index is -0.695. The zero-order valence-electron chi connectivity index (χ0n) is 14.3. The zero-order chi connectivity index (χ0) is 19.6. The number of aromatic hydroxyl groups is 1. The number of rotatable bonds is 4. The molecule has 0 unspecified atom stereocenters. The van der Waals surface area contributed by atoms with Crippen LogP contribution in [0.2, 0.25) is 0 Å². The van der Waals surface area contributed by atoms with Crippen molar-refractivity contribution in [2.45, 2.75) is 6.92 Å². The monoisotopic (exact) mass is 429 g/mol. The number of amides is 4. The Morgan fingerprint density at radius 3 is 2.63 bits per heavy atom. The molecule has 1 saturated heterocycles. The highest BCUT2D eigenvalue weighted by Gasteiger charge is 2.35. The second-order valence-corrected chi connectivity index (χ2v) is 6.91. The maximum absolute atomic E-state index is 12.5. The SMILES string of the molecule is Cc1ccc(NC(=O)CN2C(=O)N/C(=C/c3cc(Br)ccc3O)C2=O)cc1. The van der Waals surface area contributed by atoms with Crippen LogP contribution in [0.15, 0.2) is 52.6 Å². The number of carbonyl (C=O) groups is 3. The average Bonchev–Trinajstić information content (AvgIpc) is 2.87. The molecular formula is C19H16BrN3O4. The lowest BCUT2D eigenvalue weighted by Crippen LogP contribution is -2.38. The van der Waals surface area contributed by atoms with Crippen molar-refractivity contribution in [2.75, 3.05) is 11.9 Å². The lowest BCUT2D eigenvalue weighted by molar-refractivity contribution is -0.127. The number of nitrogens with zero attached hydrogens (tertiary/aromatic N) is 1. The molecule has 1 aliphatic heterocycles. The van der Waals surface area contributed by atoms with Crippen LogP contribution in [-0.2, 0) is 9.59 Å². The lowest BCUT2D eigenvalue weighted by Gasteiger charge is -2.12. The third-order valence-corrected chi connectivity index (χ3v) is 4.38. The first-order valence-electron chi connectivity index (χ1n) is 8.03. The van der Waals surface area contributed by atoms with E-state index in [1.165, 1.54) is 12.1 Å². The van der Waals surface area contributed by atoms with Gasteiger partial charge in [0.05, 0.1) is 0 Å². The molecule has 8 heteroatoms. The van der Waals surface area contributed by atoms with E-state index in [2.05, 4.69) is 26.6 Å². The van der Waals surface area contributed by atoms with Crippen molar-refractivity contribution in [2.24, 2.45) is 0 Å². The van der Waals surface area contributed by atoms with Crippen LogP contribution in [0, 0.1) is 6.92 Å². The van der Waals surface area contributed by atoms with Crippen LogP contribution in [0.3, 0.4) is 0 Å². The minimum Gasteiger partial charge on any atom is -0.507 e. The van der Waals surface area contributed by atoms with Gasteiger partial charge in [-0.25, -0.2) is 9.69 Å². The number of anilines is 1. The first kappa shape index (κ1) is 18.7. The van der Waals surface area contributed by atoms with E-state index in [-0.39, 0.29) is 11.4 Å². The van der Waals surface area contributed by atoms with Crippen molar-refractivity contribution in [1.29, 1.82) is 0 Å². The number of halogens is 1. The summed E-state index contributed by atoms with van der Waals surface area (Å²) in [6, 6.07) is 11.2. The lowest BCUT2D eigenvalue weighted by atomic mass is 10.1. The molecule has 3 N–H and O–H groups in total. The summed E-state index contributed by atoms with van der Waals surface area (Å²) in [6.07, 6.45) is 1.36. The predicted molar refractivity (Wildman–Crippen MR) is 104 cm³/mol. The zero-order valence-corrected chi connectivity index (χ0v) is 15.9. The van der Waals surface area contributed by atoms with E-state index in [1.54, 1.807) is 24.3 Å².